The van der Waals surface area contributed by atoms with E-state index >= 15 is 0 Å². The van der Waals surface area contributed by atoms with Gasteiger partial charge in [-0.1, -0.05) is 48.3 Å². The first-order chi connectivity index (χ1) is 13.6. The number of nitrogens with zero attached hydrogens (tertiary/aromatic N) is 3. The van der Waals surface area contributed by atoms with Gasteiger partial charge < -0.3 is 14.7 Å². The summed E-state index contributed by atoms with van der Waals surface area (Å²) in [5.41, 5.74) is 0.635. The van der Waals surface area contributed by atoms with Gasteiger partial charge in [0.25, 0.3) is 0 Å². The molecular formula is C21H26N4O3. The lowest BCUT2D eigenvalue weighted by molar-refractivity contribution is -0.129. The van der Waals surface area contributed by atoms with Gasteiger partial charge in [-0.15, -0.1) is 0 Å². The number of amides is 2. The Hall–Kier alpha value is -2.70. The molecule has 0 radical (unpaired) electrons. The molecule has 148 valence electrons. The van der Waals surface area contributed by atoms with Gasteiger partial charge in [0.15, 0.2) is 5.82 Å². The van der Waals surface area contributed by atoms with Crippen LogP contribution in [-0.2, 0) is 21.5 Å². The van der Waals surface area contributed by atoms with Crippen LogP contribution in [0.4, 0.5) is 0 Å². The smallest absolute Gasteiger partial charge is 0.226 e. The lowest BCUT2D eigenvalue weighted by Gasteiger charge is -2.28. The van der Waals surface area contributed by atoms with E-state index < -0.39 is 5.54 Å². The van der Waals surface area contributed by atoms with Crippen LogP contribution >= 0.6 is 0 Å². The predicted octanol–water partition coefficient (Wildman–Crippen LogP) is 2.35. The van der Waals surface area contributed by atoms with Crippen LogP contribution in [0, 0.1) is 12.8 Å². The van der Waals surface area contributed by atoms with Crippen molar-refractivity contribution in [1.82, 2.24) is 20.4 Å². The minimum atomic E-state index is -0.560. The number of aryl methyl sites for hydroxylation is 1. The zero-order chi connectivity index (χ0) is 19.6. The van der Waals surface area contributed by atoms with Gasteiger partial charge in [-0.25, -0.2) is 0 Å². The number of nitrogens with one attached hydrogen (secondary N) is 1. The highest BCUT2D eigenvalue weighted by Crippen LogP contribution is 2.38. The normalized spacial score (nSPS) is 21.2. The highest BCUT2D eigenvalue weighted by molar-refractivity contribution is 5.89. The minimum Gasteiger partial charge on any atom is -0.343 e. The maximum absolute atomic E-state index is 13.0. The molecule has 1 aromatic heterocycles. The number of aromatic nitrogens is 2. The molecule has 2 aliphatic rings. The van der Waals surface area contributed by atoms with Crippen LogP contribution in [0.15, 0.2) is 34.9 Å². The van der Waals surface area contributed by atoms with E-state index in [9.17, 15) is 9.59 Å². The Bertz CT molecular complexity index is 842. The van der Waals surface area contributed by atoms with Crippen molar-refractivity contribution in [2.45, 2.75) is 51.0 Å². The van der Waals surface area contributed by atoms with Crippen LogP contribution in [0.1, 0.15) is 49.4 Å². The first kappa shape index (κ1) is 18.7. The van der Waals surface area contributed by atoms with Crippen LogP contribution in [0.5, 0.6) is 0 Å². The van der Waals surface area contributed by atoms with E-state index in [0.29, 0.717) is 24.8 Å². The van der Waals surface area contributed by atoms with Crippen molar-refractivity contribution in [3.63, 3.8) is 0 Å². The number of hydrogen-bond donors (Lipinski definition) is 1. The first-order valence-electron chi connectivity index (χ1n) is 10.0. The summed E-state index contributed by atoms with van der Waals surface area (Å²) in [6.45, 7) is 2.86. The molecule has 1 N–H and O–H groups in total. The fourth-order valence-corrected chi connectivity index (χ4v) is 4.29. The molecule has 1 unspecified atom stereocenters. The lowest BCUT2D eigenvalue weighted by Crippen LogP contribution is -2.47. The second kappa shape index (κ2) is 7.73. The topological polar surface area (TPSA) is 88.3 Å². The van der Waals surface area contributed by atoms with Crippen LogP contribution in [-0.4, -0.2) is 39.9 Å². The molecule has 0 bridgehead atoms. The third kappa shape index (κ3) is 3.79. The fourth-order valence-electron chi connectivity index (χ4n) is 4.29. The number of hydrogen-bond acceptors (Lipinski definition) is 5. The second-order valence-electron chi connectivity index (χ2n) is 7.89. The quantitative estimate of drug-likeness (QED) is 0.829. The molecule has 2 heterocycles. The second-order valence-corrected chi connectivity index (χ2v) is 7.89. The number of carbonyl (C=O) groups is 2. The summed E-state index contributed by atoms with van der Waals surface area (Å²) in [4.78, 5) is 31.6. The van der Waals surface area contributed by atoms with E-state index in [-0.39, 0.29) is 24.2 Å². The van der Waals surface area contributed by atoms with Crippen molar-refractivity contribution in [1.29, 1.82) is 0 Å². The molecular weight excluding hydrogens is 356 g/mol. The average molecular weight is 382 g/mol. The fraction of sp³-hybridized carbons (Fsp3) is 0.524. The number of rotatable bonds is 6. The van der Waals surface area contributed by atoms with Crippen LogP contribution in [0.25, 0.3) is 0 Å². The third-order valence-corrected chi connectivity index (χ3v) is 5.87. The zero-order valence-corrected chi connectivity index (χ0v) is 16.2. The van der Waals surface area contributed by atoms with Crippen molar-refractivity contribution in [3.8, 4) is 0 Å². The summed E-state index contributed by atoms with van der Waals surface area (Å²) in [5.74, 6) is 0.695. The van der Waals surface area contributed by atoms with Gasteiger partial charge in [0.05, 0.1) is 5.92 Å². The number of likely N-dealkylation sites (tertiary alicyclic amines) is 1. The Morgan fingerprint density at radius 1 is 1.29 bits per heavy atom. The van der Waals surface area contributed by atoms with Gasteiger partial charge in [-0.05, 0) is 24.8 Å². The lowest BCUT2D eigenvalue weighted by atomic mass is 9.94. The molecule has 2 aromatic rings. The summed E-state index contributed by atoms with van der Waals surface area (Å²) >= 11 is 0. The molecule has 7 nitrogen and oxygen atoms in total. The van der Waals surface area contributed by atoms with Crippen LogP contribution < -0.4 is 5.32 Å². The summed E-state index contributed by atoms with van der Waals surface area (Å²) in [6.07, 6.45) is 4.70. The van der Waals surface area contributed by atoms with Gasteiger partial charge in [0.1, 0.15) is 5.54 Å². The molecule has 1 aromatic carbocycles. The number of carbonyl (C=O) groups excluding carboxylic acids is 2. The van der Waals surface area contributed by atoms with Crippen molar-refractivity contribution >= 4 is 11.8 Å². The Morgan fingerprint density at radius 3 is 2.71 bits per heavy atom. The van der Waals surface area contributed by atoms with E-state index in [2.05, 4.69) is 27.6 Å². The zero-order valence-electron chi connectivity index (χ0n) is 16.2. The molecule has 4 rings (SSSR count). The minimum absolute atomic E-state index is 0.0481. The van der Waals surface area contributed by atoms with E-state index in [0.717, 1.165) is 32.1 Å². The highest BCUT2D eigenvalue weighted by Gasteiger charge is 2.44. The maximum atomic E-state index is 13.0. The van der Waals surface area contributed by atoms with E-state index in [4.69, 9.17) is 4.52 Å². The van der Waals surface area contributed by atoms with E-state index in [1.165, 1.54) is 5.56 Å². The molecule has 2 amide bonds. The molecule has 1 atom stereocenters. The average Bonchev–Trinajstić information content (AvgIpc) is 3.42. The molecule has 1 aliphatic carbocycles. The SMILES string of the molecule is Cc1nc(C2(NC(=O)C3CC(=O)N(CCc4ccccc4)C3)CCCC2)no1. The summed E-state index contributed by atoms with van der Waals surface area (Å²) in [5, 5.41) is 7.24. The first-order valence-corrected chi connectivity index (χ1v) is 10.0. The van der Waals surface area contributed by atoms with Crippen molar-refractivity contribution in [3.05, 3.63) is 47.6 Å². The molecule has 0 spiro atoms. The maximum Gasteiger partial charge on any atom is 0.226 e. The van der Waals surface area contributed by atoms with Crippen molar-refractivity contribution in [2.75, 3.05) is 13.1 Å². The summed E-state index contributed by atoms with van der Waals surface area (Å²) in [6, 6.07) is 10.1. The standard InChI is InChI=1S/C21H26N4O3/c1-15-22-20(24-28-15)21(10-5-6-11-21)23-19(27)17-13-18(26)25(14-17)12-9-16-7-3-2-4-8-16/h2-4,7-8,17H,5-6,9-14H2,1H3,(H,23,27). The Morgan fingerprint density at radius 2 is 2.04 bits per heavy atom. The van der Waals surface area contributed by atoms with Crippen molar-refractivity contribution in [2.24, 2.45) is 5.92 Å². The molecule has 7 heteroatoms. The molecule has 1 aliphatic heterocycles. The molecule has 1 saturated carbocycles. The van der Waals surface area contributed by atoms with Gasteiger partial charge >= 0.3 is 0 Å². The molecule has 1 saturated heterocycles. The van der Waals surface area contributed by atoms with Gasteiger partial charge in [0, 0.05) is 26.4 Å². The van der Waals surface area contributed by atoms with E-state index in [1.807, 2.05) is 18.2 Å². The largest absolute Gasteiger partial charge is 0.343 e. The summed E-state index contributed by atoms with van der Waals surface area (Å²) < 4.78 is 5.14. The monoisotopic (exact) mass is 382 g/mol. The van der Waals surface area contributed by atoms with Crippen LogP contribution in [0.3, 0.4) is 0 Å². The van der Waals surface area contributed by atoms with Gasteiger partial charge in [-0.2, -0.15) is 4.98 Å². The summed E-state index contributed by atoms with van der Waals surface area (Å²) in [7, 11) is 0. The molecule has 2 fully saturated rings. The predicted molar refractivity (Wildman–Crippen MR) is 102 cm³/mol. The Balaban J connectivity index is 1.39. The third-order valence-electron chi connectivity index (χ3n) is 5.87. The van der Waals surface area contributed by atoms with Gasteiger partial charge in [-0.3, -0.25) is 9.59 Å². The number of benzene rings is 1. The van der Waals surface area contributed by atoms with Crippen molar-refractivity contribution < 1.29 is 14.1 Å². The van der Waals surface area contributed by atoms with Crippen LogP contribution in [0.2, 0.25) is 0 Å². The van der Waals surface area contributed by atoms with Gasteiger partial charge in [0.2, 0.25) is 17.7 Å². The Kier molecular flexibility index (Phi) is 5.15. The molecule has 28 heavy (non-hydrogen) atoms. The van der Waals surface area contributed by atoms with E-state index in [1.54, 1.807) is 11.8 Å². The Labute approximate surface area is 164 Å². The highest BCUT2D eigenvalue weighted by atomic mass is 16.5.